The lowest BCUT2D eigenvalue weighted by atomic mass is 9.95. The molecule has 18 heavy (non-hydrogen) atoms. The first kappa shape index (κ1) is 15.0. The highest BCUT2D eigenvalue weighted by atomic mass is 16.4. The lowest BCUT2D eigenvalue weighted by Gasteiger charge is -2.34. The minimum atomic E-state index is -1.04. The Kier molecular flexibility index (Phi) is 5.59. The number of hydrogen-bond donors (Lipinski definition) is 1. The minimum absolute atomic E-state index is 0.252. The maximum absolute atomic E-state index is 11.6. The quantitative estimate of drug-likeness (QED) is 0.747. The lowest BCUT2D eigenvalue weighted by Crippen LogP contribution is -2.42. The average molecular weight is 256 g/mol. The molecular formula is C13H24N2O3. The smallest absolute Gasteiger partial charge is 0.312 e. The Labute approximate surface area is 109 Å². The molecule has 5 heteroatoms. The second-order valence-electron chi connectivity index (χ2n) is 5.43. The molecule has 1 aliphatic heterocycles. The number of nitrogens with zero attached hydrogens (tertiary/aromatic N) is 2. The van der Waals surface area contributed by atoms with Gasteiger partial charge in [-0.15, -0.1) is 0 Å². The zero-order valence-corrected chi connectivity index (χ0v) is 11.6. The number of rotatable bonds is 5. The van der Waals surface area contributed by atoms with Crippen LogP contribution >= 0.6 is 0 Å². The summed E-state index contributed by atoms with van der Waals surface area (Å²) in [5.41, 5.74) is 0. The summed E-state index contributed by atoms with van der Waals surface area (Å²) >= 11 is 0. The first-order chi connectivity index (χ1) is 8.40. The second kappa shape index (κ2) is 6.73. The first-order valence-electron chi connectivity index (χ1n) is 6.60. The maximum atomic E-state index is 11.6. The fourth-order valence-electron chi connectivity index (χ4n) is 2.22. The number of likely N-dealkylation sites (tertiary alicyclic amines) is 1. The van der Waals surface area contributed by atoms with E-state index >= 15 is 0 Å². The topological polar surface area (TPSA) is 60.9 Å². The molecule has 0 aromatic rings. The predicted molar refractivity (Wildman–Crippen MR) is 69.3 cm³/mol. The van der Waals surface area contributed by atoms with Crippen LogP contribution in [0.4, 0.5) is 0 Å². The molecule has 0 atom stereocenters. The summed E-state index contributed by atoms with van der Waals surface area (Å²) in [5.74, 6) is -0.675. The molecule has 1 rings (SSSR count). The lowest BCUT2D eigenvalue weighted by molar-refractivity contribution is -0.144. The van der Waals surface area contributed by atoms with Gasteiger partial charge >= 0.3 is 5.97 Å². The van der Waals surface area contributed by atoms with Crippen molar-refractivity contribution in [2.75, 3.05) is 26.7 Å². The average Bonchev–Trinajstić information content (AvgIpc) is 2.28. The molecule has 0 spiro atoms. The van der Waals surface area contributed by atoms with E-state index in [2.05, 4.69) is 25.8 Å². The number of aliphatic carboxylic acids is 1. The van der Waals surface area contributed by atoms with Crippen molar-refractivity contribution in [2.24, 2.45) is 5.92 Å². The van der Waals surface area contributed by atoms with Gasteiger partial charge in [-0.1, -0.05) is 0 Å². The van der Waals surface area contributed by atoms with Gasteiger partial charge in [0.15, 0.2) is 0 Å². The minimum Gasteiger partial charge on any atom is -0.481 e. The summed E-state index contributed by atoms with van der Waals surface area (Å²) in [6, 6.07) is 0.539. The molecule has 104 valence electrons. The Hall–Kier alpha value is -1.10. The summed E-state index contributed by atoms with van der Waals surface area (Å²) in [7, 11) is 2.12. The first-order valence-corrected chi connectivity index (χ1v) is 6.60. The molecule has 0 aromatic heterocycles. The molecule has 1 amide bonds. The highest BCUT2D eigenvalue weighted by Crippen LogP contribution is 2.19. The summed E-state index contributed by atoms with van der Waals surface area (Å²) in [4.78, 5) is 26.1. The van der Waals surface area contributed by atoms with Crippen LogP contribution in [0.3, 0.4) is 0 Å². The molecule has 0 unspecified atom stereocenters. The summed E-state index contributed by atoms with van der Waals surface area (Å²) < 4.78 is 0. The molecule has 0 bridgehead atoms. The van der Waals surface area contributed by atoms with Gasteiger partial charge in [-0.3, -0.25) is 9.59 Å². The molecule has 1 saturated heterocycles. The van der Waals surface area contributed by atoms with E-state index in [1.54, 1.807) is 4.90 Å². The Balaban J connectivity index is 2.32. The van der Waals surface area contributed by atoms with E-state index in [1.807, 2.05) is 0 Å². The molecule has 0 aliphatic carbocycles. The second-order valence-corrected chi connectivity index (χ2v) is 5.43. The Morgan fingerprint density at radius 1 is 1.33 bits per heavy atom. The van der Waals surface area contributed by atoms with Crippen molar-refractivity contribution in [3.63, 3.8) is 0 Å². The third kappa shape index (κ3) is 4.64. The molecule has 0 saturated carbocycles. The van der Waals surface area contributed by atoms with Gasteiger partial charge in [-0.05, 0) is 39.7 Å². The van der Waals surface area contributed by atoms with Gasteiger partial charge in [0.25, 0.3) is 0 Å². The van der Waals surface area contributed by atoms with Gasteiger partial charge in [0.1, 0.15) is 6.42 Å². The van der Waals surface area contributed by atoms with Crippen molar-refractivity contribution >= 4 is 11.9 Å². The van der Waals surface area contributed by atoms with Crippen LogP contribution in [0.5, 0.6) is 0 Å². The van der Waals surface area contributed by atoms with E-state index in [-0.39, 0.29) is 12.3 Å². The van der Waals surface area contributed by atoms with Crippen LogP contribution in [0.2, 0.25) is 0 Å². The van der Waals surface area contributed by atoms with Crippen LogP contribution in [0.25, 0.3) is 0 Å². The largest absolute Gasteiger partial charge is 0.481 e. The normalized spacial score (nSPS) is 17.5. The van der Waals surface area contributed by atoms with Crippen LogP contribution in [0, 0.1) is 5.92 Å². The van der Waals surface area contributed by atoms with E-state index < -0.39 is 5.97 Å². The Bertz CT molecular complexity index is 297. The van der Waals surface area contributed by atoms with Gasteiger partial charge < -0.3 is 14.9 Å². The van der Waals surface area contributed by atoms with Crippen molar-refractivity contribution in [1.29, 1.82) is 0 Å². The van der Waals surface area contributed by atoms with Gasteiger partial charge in [0, 0.05) is 25.7 Å². The predicted octanol–water partition coefficient (Wildman–Crippen LogP) is 1.04. The van der Waals surface area contributed by atoms with Crippen LogP contribution in [-0.2, 0) is 9.59 Å². The molecule has 1 heterocycles. The van der Waals surface area contributed by atoms with Crippen LogP contribution in [-0.4, -0.2) is 59.5 Å². The van der Waals surface area contributed by atoms with Crippen molar-refractivity contribution in [3.8, 4) is 0 Å². The van der Waals surface area contributed by atoms with Crippen molar-refractivity contribution in [2.45, 2.75) is 39.2 Å². The number of carboxylic acids is 1. The van der Waals surface area contributed by atoms with E-state index in [0.717, 1.165) is 19.4 Å². The third-order valence-corrected chi connectivity index (χ3v) is 3.70. The van der Waals surface area contributed by atoms with Crippen molar-refractivity contribution in [1.82, 2.24) is 9.80 Å². The van der Waals surface area contributed by atoms with E-state index in [9.17, 15) is 9.59 Å². The molecule has 0 radical (unpaired) electrons. The molecule has 1 N–H and O–H groups in total. The number of carbonyl (C=O) groups excluding carboxylic acids is 1. The van der Waals surface area contributed by atoms with Crippen LogP contribution < -0.4 is 0 Å². The Morgan fingerprint density at radius 2 is 1.89 bits per heavy atom. The summed E-state index contributed by atoms with van der Waals surface area (Å²) in [6.45, 7) is 6.79. The zero-order valence-electron chi connectivity index (χ0n) is 11.6. The fraction of sp³-hybridized carbons (Fsp3) is 0.846. The number of carbonyl (C=O) groups is 2. The standard InChI is InChI=1S/C13H24N2O3/c1-10(2)14(3)9-11-4-6-15(7-5-11)12(16)8-13(17)18/h10-11H,4-9H2,1-3H3,(H,17,18). The third-order valence-electron chi connectivity index (χ3n) is 3.70. The van der Waals surface area contributed by atoms with Crippen molar-refractivity contribution in [3.05, 3.63) is 0 Å². The van der Waals surface area contributed by atoms with Crippen LogP contribution in [0.15, 0.2) is 0 Å². The van der Waals surface area contributed by atoms with Gasteiger partial charge in [0.2, 0.25) is 5.91 Å². The fourth-order valence-corrected chi connectivity index (χ4v) is 2.22. The number of piperidine rings is 1. The molecule has 5 nitrogen and oxygen atoms in total. The maximum Gasteiger partial charge on any atom is 0.312 e. The van der Waals surface area contributed by atoms with Gasteiger partial charge in [-0.2, -0.15) is 0 Å². The SMILES string of the molecule is CC(C)N(C)CC1CCN(C(=O)CC(=O)O)CC1. The zero-order chi connectivity index (χ0) is 13.7. The molecular weight excluding hydrogens is 232 g/mol. The summed E-state index contributed by atoms with van der Waals surface area (Å²) in [6.07, 6.45) is 1.57. The van der Waals surface area contributed by atoms with Crippen LogP contribution in [0.1, 0.15) is 33.1 Å². The van der Waals surface area contributed by atoms with E-state index in [0.29, 0.717) is 25.0 Å². The number of amides is 1. The monoisotopic (exact) mass is 256 g/mol. The van der Waals surface area contributed by atoms with Gasteiger partial charge in [-0.25, -0.2) is 0 Å². The highest BCUT2D eigenvalue weighted by molar-refractivity contribution is 5.93. The number of hydrogen-bond acceptors (Lipinski definition) is 3. The van der Waals surface area contributed by atoms with Crippen molar-refractivity contribution < 1.29 is 14.7 Å². The Morgan fingerprint density at radius 3 is 2.33 bits per heavy atom. The highest BCUT2D eigenvalue weighted by Gasteiger charge is 2.24. The summed E-state index contributed by atoms with van der Waals surface area (Å²) in [5, 5.41) is 8.59. The molecule has 1 fully saturated rings. The van der Waals surface area contributed by atoms with Gasteiger partial charge in [0.05, 0.1) is 0 Å². The number of carboxylic acid groups (broad SMARTS) is 1. The van der Waals surface area contributed by atoms with E-state index in [4.69, 9.17) is 5.11 Å². The molecule has 0 aromatic carbocycles. The molecule has 1 aliphatic rings. The van der Waals surface area contributed by atoms with E-state index in [1.165, 1.54) is 0 Å².